The fraction of sp³-hybridized carbons (Fsp3) is 0.467. The van der Waals surface area contributed by atoms with Crippen LogP contribution in [0.4, 0.5) is 0 Å². The first kappa shape index (κ1) is 13.3. The molecule has 1 fully saturated rings. The number of hydrogen-bond donors (Lipinski definition) is 1. The molecule has 1 aliphatic heterocycles. The molecule has 2 unspecified atom stereocenters. The molecular formula is C15H20N4O. The molecular weight excluding hydrogens is 252 g/mol. The monoisotopic (exact) mass is 272 g/mol. The van der Waals surface area contributed by atoms with Crippen molar-refractivity contribution in [2.24, 2.45) is 11.7 Å². The fourth-order valence-electron chi connectivity index (χ4n) is 2.64. The van der Waals surface area contributed by atoms with E-state index in [2.05, 4.69) is 22.0 Å². The van der Waals surface area contributed by atoms with Crippen LogP contribution in [0.1, 0.15) is 18.3 Å². The van der Waals surface area contributed by atoms with Crippen molar-refractivity contribution in [3.63, 3.8) is 0 Å². The Labute approximate surface area is 118 Å². The minimum absolute atomic E-state index is 0.248. The van der Waals surface area contributed by atoms with E-state index in [1.807, 2.05) is 31.2 Å². The van der Waals surface area contributed by atoms with Crippen LogP contribution in [-0.2, 0) is 6.54 Å². The summed E-state index contributed by atoms with van der Waals surface area (Å²) in [6, 6.07) is 8.32. The van der Waals surface area contributed by atoms with Crippen LogP contribution in [0.25, 0.3) is 11.5 Å². The van der Waals surface area contributed by atoms with Crippen LogP contribution in [0, 0.1) is 12.8 Å². The summed E-state index contributed by atoms with van der Waals surface area (Å²) in [6.07, 6.45) is 0. The maximum Gasteiger partial charge on any atom is 0.257 e. The lowest BCUT2D eigenvalue weighted by Gasteiger charge is -2.11. The van der Waals surface area contributed by atoms with Gasteiger partial charge in [0.2, 0.25) is 0 Å². The van der Waals surface area contributed by atoms with Crippen LogP contribution in [0.2, 0.25) is 0 Å². The molecule has 20 heavy (non-hydrogen) atoms. The molecule has 1 aliphatic rings. The van der Waals surface area contributed by atoms with Gasteiger partial charge in [0.25, 0.3) is 5.89 Å². The van der Waals surface area contributed by atoms with E-state index in [1.54, 1.807) is 0 Å². The lowest BCUT2D eigenvalue weighted by molar-refractivity contribution is 0.302. The highest BCUT2D eigenvalue weighted by Gasteiger charge is 2.27. The largest absolute Gasteiger partial charge is 0.334 e. The Kier molecular flexibility index (Phi) is 3.54. The second-order valence-corrected chi connectivity index (χ2v) is 5.72. The van der Waals surface area contributed by atoms with Crippen LogP contribution in [0.15, 0.2) is 28.8 Å². The number of hydrogen-bond acceptors (Lipinski definition) is 5. The summed E-state index contributed by atoms with van der Waals surface area (Å²) in [5.74, 6) is 1.83. The molecule has 0 radical (unpaired) electrons. The van der Waals surface area contributed by atoms with E-state index in [0.29, 0.717) is 18.4 Å². The second-order valence-electron chi connectivity index (χ2n) is 5.72. The second kappa shape index (κ2) is 5.34. The van der Waals surface area contributed by atoms with Crippen LogP contribution < -0.4 is 5.73 Å². The van der Waals surface area contributed by atoms with Crippen LogP contribution in [0.5, 0.6) is 0 Å². The molecule has 0 spiro atoms. The highest BCUT2D eigenvalue weighted by molar-refractivity contribution is 5.53. The molecule has 1 aromatic carbocycles. The van der Waals surface area contributed by atoms with E-state index in [4.69, 9.17) is 10.3 Å². The highest BCUT2D eigenvalue weighted by atomic mass is 16.5. The third-order valence-electron chi connectivity index (χ3n) is 3.84. The molecule has 0 amide bonds. The van der Waals surface area contributed by atoms with Crippen molar-refractivity contribution in [1.29, 1.82) is 0 Å². The van der Waals surface area contributed by atoms with Crippen molar-refractivity contribution < 1.29 is 4.52 Å². The first-order valence-corrected chi connectivity index (χ1v) is 6.99. The Balaban J connectivity index is 1.71. The quantitative estimate of drug-likeness (QED) is 0.923. The average molecular weight is 272 g/mol. The van der Waals surface area contributed by atoms with E-state index in [-0.39, 0.29) is 6.04 Å². The minimum atomic E-state index is 0.248. The molecule has 2 aromatic rings. The number of aromatic nitrogens is 2. The zero-order valence-electron chi connectivity index (χ0n) is 11.9. The van der Waals surface area contributed by atoms with Gasteiger partial charge in [0.15, 0.2) is 5.82 Å². The van der Waals surface area contributed by atoms with Crippen molar-refractivity contribution in [2.75, 3.05) is 13.1 Å². The lowest BCUT2D eigenvalue weighted by atomic mass is 10.1. The standard InChI is InChI=1S/C15H20N4O/c1-10-4-3-5-12(6-10)15-17-14(18-20-15)9-19-7-11(2)13(16)8-19/h3-6,11,13H,7-9,16H2,1-2H3. The normalized spacial score (nSPS) is 23.4. The molecule has 5 nitrogen and oxygen atoms in total. The fourth-order valence-corrected chi connectivity index (χ4v) is 2.64. The van der Waals surface area contributed by atoms with E-state index in [9.17, 15) is 0 Å². The topological polar surface area (TPSA) is 68.2 Å². The number of aryl methyl sites for hydroxylation is 1. The van der Waals surface area contributed by atoms with Gasteiger partial charge in [-0.25, -0.2) is 0 Å². The molecule has 2 atom stereocenters. The Morgan fingerprint density at radius 2 is 2.25 bits per heavy atom. The maximum absolute atomic E-state index is 6.03. The average Bonchev–Trinajstić information content (AvgIpc) is 2.98. The summed E-state index contributed by atoms with van der Waals surface area (Å²) >= 11 is 0. The third kappa shape index (κ3) is 2.73. The van der Waals surface area contributed by atoms with Crippen molar-refractivity contribution in [1.82, 2.24) is 15.0 Å². The van der Waals surface area contributed by atoms with Crippen molar-refractivity contribution >= 4 is 0 Å². The highest BCUT2D eigenvalue weighted by Crippen LogP contribution is 2.20. The van der Waals surface area contributed by atoms with Gasteiger partial charge in [-0.05, 0) is 25.0 Å². The summed E-state index contributed by atoms with van der Waals surface area (Å²) < 4.78 is 5.35. The molecule has 2 N–H and O–H groups in total. The predicted molar refractivity (Wildman–Crippen MR) is 76.9 cm³/mol. The van der Waals surface area contributed by atoms with Gasteiger partial charge in [-0.15, -0.1) is 0 Å². The predicted octanol–water partition coefficient (Wildman–Crippen LogP) is 1.82. The summed E-state index contributed by atoms with van der Waals surface area (Å²) in [7, 11) is 0. The first-order chi connectivity index (χ1) is 9.61. The number of likely N-dealkylation sites (tertiary alicyclic amines) is 1. The number of benzene rings is 1. The summed E-state index contributed by atoms with van der Waals surface area (Å²) in [5.41, 5.74) is 8.18. The molecule has 106 valence electrons. The molecule has 0 bridgehead atoms. The van der Waals surface area contributed by atoms with Gasteiger partial charge in [0.1, 0.15) is 0 Å². The van der Waals surface area contributed by atoms with E-state index < -0.39 is 0 Å². The zero-order valence-corrected chi connectivity index (χ0v) is 11.9. The molecule has 1 saturated heterocycles. The van der Waals surface area contributed by atoms with Gasteiger partial charge in [-0.3, -0.25) is 4.90 Å². The molecule has 3 rings (SSSR count). The summed E-state index contributed by atoms with van der Waals surface area (Å²) in [6.45, 7) is 6.82. The summed E-state index contributed by atoms with van der Waals surface area (Å²) in [4.78, 5) is 6.75. The van der Waals surface area contributed by atoms with Gasteiger partial charge in [-0.2, -0.15) is 4.98 Å². The van der Waals surface area contributed by atoms with Crippen LogP contribution >= 0.6 is 0 Å². The SMILES string of the molecule is Cc1cccc(-c2nc(CN3CC(C)C(N)C3)no2)c1. The molecule has 1 aromatic heterocycles. The van der Waals surface area contributed by atoms with Gasteiger partial charge in [0.05, 0.1) is 6.54 Å². The van der Waals surface area contributed by atoms with Crippen LogP contribution in [-0.4, -0.2) is 34.2 Å². The lowest BCUT2D eigenvalue weighted by Crippen LogP contribution is -2.28. The van der Waals surface area contributed by atoms with E-state index in [0.717, 1.165) is 24.5 Å². The Morgan fingerprint density at radius 1 is 1.40 bits per heavy atom. The zero-order chi connectivity index (χ0) is 14.1. The van der Waals surface area contributed by atoms with Crippen molar-refractivity contribution in [3.8, 4) is 11.5 Å². The van der Waals surface area contributed by atoms with Crippen LogP contribution in [0.3, 0.4) is 0 Å². The van der Waals surface area contributed by atoms with Gasteiger partial charge < -0.3 is 10.3 Å². The van der Waals surface area contributed by atoms with Crippen molar-refractivity contribution in [2.45, 2.75) is 26.4 Å². The van der Waals surface area contributed by atoms with Gasteiger partial charge in [0, 0.05) is 24.7 Å². The molecule has 5 heteroatoms. The van der Waals surface area contributed by atoms with Crippen molar-refractivity contribution in [3.05, 3.63) is 35.7 Å². The first-order valence-electron chi connectivity index (χ1n) is 6.99. The maximum atomic E-state index is 6.03. The molecule has 0 saturated carbocycles. The number of nitrogens with zero attached hydrogens (tertiary/aromatic N) is 3. The van der Waals surface area contributed by atoms with Gasteiger partial charge in [-0.1, -0.05) is 29.8 Å². The Morgan fingerprint density at radius 3 is 2.95 bits per heavy atom. The van der Waals surface area contributed by atoms with E-state index in [1.165, 1.54) is 5.56 Å². The van der Waals surface area contributed by atoms with Gasteiger partial charge >= 0.3 is 0 Å². The number of nitrogens with two attached hydrogens (primary N) is 1. The smallest absolute Gasteiger partial charge is 0.257 e. The Bertz CT molecular complexity index is 585. The summed E-state index contributed by atoms with van der Waals surface area (Å²) in [5, 5.41) is 4.07. The minimum Gasteiger partial charge on any atom is -0.334 e. The molecule has 0 aliphatic carbocycles. The molecule has 2 heterocycles. The number of rotatable bonds is 3. The Hall–Kier alpha value is -1.72. The third-order valence-corrected chi connectivity index (χ3v) is 3.84. The van der Waals surface area contributed by atoms with E-state index >= 15 is 0 Å².